The van der Waals surface area contributed by atoms with Crippen molar-refractivity contribution in [1.29, 1.82) is 0 Å². The zero-order chi connectivity index (χ0) is 29.0. The number of hydrogen-bond donors (Lipinski definition) is 2. The largest absolute Gasteiger partial charge is 0.351 e. The molecule has 2 amide bonds. The van der Waals surface area contributed by atoms with Gasteiger partial charge in [0.1, 0.15) is 6.04 Å². The van der Waals surface area contributed by atoms with Crippen molar-refractivity contribution < 1.29 is 27.5 Å². The highest BCUT2D eigenvalue weighted by Gasteiger charge is 2.30. The molecule has 216 valence electrons. The summed E-state index contributed by atoms with van der Waals surface area (Å²) < 4.78 is 38.7. The van der Waals surface area contributed by atoms with Crippen LogP contribution >= 0.6 is 23.2 Å². The summed E-state index contributed by atoms with van der Waals surface area (Å²) >= 11 is 11.8. The van der Waals surface area contributed by atoms with E-state index < -0.39 is 28.3 Å². The number of carbonyl (C=O) groups excluding carboxylic acids is 2. The maximum Gasteiger partial charge on any atom is 0.245 e. The summed E-state index contributed by atoms with van der Waals surface area (Å²) in [4.78, 5) is 28.3. The molecule has 0 aliphatic carbocycles. The summed E-state index contributed by atoms with van der Waals surface area (Å²) in [5, 5.41) is 3.75. The molecule has 0 saturated heterocycles. The molecule has 0 spiro atoms. The fourth-order valence-electron chi connectivity index (χ4n) is 3.76. The van der Waals surface area contributed by atoms with Gasteiger partial charge in [0, 0.05) is 48.7 Å². The molecule has 2 rings (SSSR count). The minimum Gasteiger partial charge on any atom is -0.351 e. The number of halogens is 2. The van der Waals surface area contributed by atoms with E-state index in [9.17, 15) is 18.0 Å². The lowest BCUT2D eigenvalue weighted by Crippen LogP contribution is -2.54. The van der Waals surface area contributed by atoms with Crippen LogP contribution in [0, 0.1) is 0 Å². The summed E-state index contributed by atoms with van der Waals surface area (Å²) in [6.07, 6.45) is -0.560. The molecule has 0 aromatic heterocycles. The van der Waals surface area contributed by atoms with E-state index in [2.05, 4.69) is 10.0 Å². The molecule has 0 fully saturated rings. The first-order valence-electron chi connectivity index (χ1n) is 12.8. The summed E-state index contributed by atoms with van der Waals surface area (Å²) in [5.74, 6) is -0.782. The first kappa shape index (κ1) is 33.0. The third-order valence-electron chi connectivity index (χ3n) is 5.71. The van der Waals surface area contributed by atoms with E-state index in [-0.39, 0.29) is 42.8 Å². The van der Waals surface area contributed by atoms with Gasteiger partial charge >= 0.3 is 0 Å². The lowest BCUT2D eigenvalue weighted by atomic mass is 10.0. The smallest absolute Gasteiger partial charge is 0.245 e. The fourth-order valence-corrected chi connectivity index (χ4v) is 5.04. The van der Waals surface area contributed by atoms with Crippen molar-refractivity contribution in [2.75, 3.05) is 26.3 Å². The summed E-state index contributed by atoms with van der Waals surface area (Å²) in [6.45, 7) is 8.31. The van der Waals surface area contributed by atoms with Crippen LogP contribution in [0.1, 0.15) is 39.7 Å². The number of hydrogen-bond acceptors (Lipinski definition) is 6. The molecule has 1 unspecified atom stereocenters. The van der Waals surface area contributed by atoms with Gasteiger partial charge in [0.05, 0.1) is 11.4 Å². The van der Waals surface area contributed by atoms with E-state index in [1.165, 1.54) is 24.3 Å². The molecule has 2 aromatic rings. The lowest BCUT2D eigenvalue weighted by Gasteiger charge is -2.33. The Morgan fingerprint density at radius 2 is 1.46 bits per heavy atom. The Bertz CT molecular complexity index is 1160. The van der Waals surface area contributed by atoms with E-state index in [4.69, 9.17) is 32.7 Å². The van der Waals surface area contributed by atoms with Gasteiger partial charge in [-0.05, 0) is 69.7 Å². The zero-order valence-electron chi connectivity index (χ0n) is 22.7. The first-order valence-corrected chi connectivity index (χ1v) is 15.0. The molecular weight excluding hydrogens is 565 g/mol. The van der Waals surface area contributed by atoms with Gasteiger partial charge in [0.2, 0.25) is 21.8 Å². The molecule has 9 nitrogen and oxygen atoms in total. The lowest BCUT2D eigenvalue weighted by molar-refractivity contribution is -0.163. The molecule has 0 aliphatic rings. The van der Waals surface area contributed by atoms with Crippen LogP contribution < -0.4 is 10.0 Å². The van der Waals surface area contributed by atoms with Gasteiger partial charge < -0.3 is 19.7 Å². The molecule has 0 saturated carbocycles. The van der Waals surface area contributed by atoms with Crippen molar-refractivity contribution in [3.8, 4) is 0 Å². The minimum atomic E-state index is -3.82. The normalized spacial score (nSPS) is 12.5. The molecule has 1 atom stereocenters. The predicted molar refractivity (Wildman–Crippen MR) is 152 cm³/mol. The van der Waals surface area contributed by atoms with E-state index in [1.807, 2.05) is 27.7 Å². The number of amides is 2. The number of ether oxygens (including phenoxy) is 2. The average molecular weight is 603 g/mol. The Balaban J connectivity index is 2.15. The van der Waals surface area contributed by atoms with Gasteiger partial charge in [-0.2, -0.15) is 0 Å². The number of nitrogens with one attached hydrogen (secondary N) is 2. The fraction of sp³-hybridized carbons (Fsp3) is 0.481. The Hall–Kier alpha value is -2.21. The highest BCUT2D eigenvalue weighted by Crippen LogP contribution is 2.15. The van der Waals surface area contributed by atoms with Crippen molar-refractivity contribution >= 4 is 45.0 Å². The van der Waals surface area contributed by atoms with Gasteiger partial charge in [0.25, 0.3) is 0 Å². The second kappa shape index (κ2) is 16.2. The maximum absolute atomic E-state index is 13.7. The van der Waals surface area contributed by atoms with Crippen LogP contribution in [0.4, 0.5) is 0 Å². The highest BCUT2D eigenvalue weighted by atomic mass is 35.5. The summed E-state index contributed by atoms with van der Waals surface area (Å²) in [5.41, 5.74) is 0.802. The van der Waals surface area contributed by atoms with Crippen LogP contribution in [0.2, 0.25) is 10.0 Å². The third-order valence-corrected chi connectivity index (χ3v) is 7.69. The minimum absolute atomic E-state index is 0.0360. The third kappa shape index (κ3) is 11.1. The number of sulfonamides is 1. The van der Waals surface area contributed by atoms with Gasteiger partial charge in [0.15, 0.2) is 6.29 Å². The van der Waals surface area contributed by atoms with Crippen LogP contribution in [-0.4, -0.2) is 69.8 Å². The van der Waals surface area contributed by atoms with Crippen LogP contribution in [-0.2, 0) is 35.5 Å². The van der Waals surface area contributed by atoms with Gasteiger partial charge in [-0.15, -0.1) is 0 Å². The molecular formula is C27H37Cl2N3O6S. The number of nitrogens with zero attached hydrogens (tertiary/aromatic N) is 1. The van der Waals surface area contributed by atoms with Crippen molar-refractivity contribution in [1.82, 2.24) is 14.9 Å². The molecule has 12 heteroatoms. The second-order valence-electron chi connectivity index (χ2n) is 8.98. The van der Waals surface area contributed by atoms with Crippen LogP contribution in [0.5, 0.6) is 0 Å². The molecule has 0 aliphatic heterocycles. The monoisotopic (exact) mass is 601 g/mol. The van der Waals surface area contributed by atoms with Gasteiger partial charge in [-0.1, -0.05) is 35.3 Å². The molecule has 0 bridgehead atoms. The topological polar surface area (TPSA) is 114 Å². The molecule has 0 radical (unpaired) electrons. The second-order valence-corrected chi connectivity index (χ2v) is 11.6. The van der Waals surface area contributed by atoms with E-state index in [0.29, 0.717) is 23.3 Å². The standard InChI is InChI=1S/C27H37Cl2N3O6S/c1-5-37-26(38-6-2)18-32(19(3)4)27(34)24(17-20-7-9-21(28)10-8-20)31-25(33)15-16-30-39(35,36)23-13-11-22(29)12-14-23/h7-14,19,24,26,30H,5-6,15-18H2,1-4H3,(H,31,33). The average Bonchev–Trinajstić information content (AvgIpc) is 2.88. The molecule has 2 N–H and O–H groups in total. The predicted octanol–water partition coefficient (Wildman–Crippen LogP) is 4.03. The quantitative estimate of drug-likeness (QED) is 0.281. The summed E-state index contributed by atoms with van der Waals surface area (Å²) in [6, 6.07) is 11.6. The number of carbonyl (C=O) groups is 2. The molecule has 39 heavy (non-hydrogen) atoms. The van der Waals surface area contributed by atoms with E-state index in [0.717, 1.165) is 5.56 Å². The highest BCUT2D eigenvalue weighted by molar-refractivity contribution is 7.89. The van der Waals surface area contributed by atoms with Crippen LogP contribution in [0.25, 0.3) is 0 Å². The SMILES string of the molecule is CCOC(CN(C(=O)C(Cc1ccc(Cl)cc1)NC(=O)CCNS(=O)(=O)c1ccc(Cl)cc1)C(C)C)OCC. The van der Waals surface area contributed by atoms with Crippen molar-refractivity contribution in [3.63, 3.8) is 0 Å². The van der Waals surface area contributed by atoms with Crippen LogP contribution in [0.3, 0.4) is 0 Å². The summed E-state index contributed by atoms with van der Waals surface area (Å²) in [7, 11) is -3.82. The van der Waals surface area contributed by atoms with Crippen molar-refractivity contribution in [3.05, 3.63) is 64.1 Å². The number of benzene rings is 2. The molecule has 2 aromatic carbocycles. The van der Waals surface area contributed by atoms with Gasteiger partial charge in [-0.25, -0.2) is 13.1 Å². The number of rotatable bonds is 16. The van der Waals surface area contributed by atoms with Gasteiger partial charge in [-0.3, -0.25) is 9.59 Å². The Kier molecular flexibility index (Phi) is 13.7. The van der Waals surface area contributed by atoms with Crippen molar-refractivity contribution in [2.45, 2.75) is 63.8 Å². The molecule has 0 heterocycles. The van der Waals surface area contributed by atoms with Crippen molar-refractivity contribution in [2.24, 2.45) is 0 Å². The Morgan fingerprint density at radius 3 is 1.97 bits per heavy atom. The maximum atomic E-state index is 13.7. The Morgan fingerprint density at radius 1 is 0.923 bits per heavy atom. The zero-order valence-corrected chi connectivity index (χ0v) is 25.0. The first-order chi connectivity index (χ1) is 18.5. The van der Waals surface area contributed by atoms with E-state index >= 15 is 0 Å². The Labute approximate surface area is 241 Å². The van der Waals surface area contributed by atoms with E-state index in [1.54, 1.807) is 29.2 Å². The van der Waals surface area contributed by atoms with Crippen LogP contribution in [0.15, 0.2) is 53.4 Å².